The quantitative estimate of drug-likeness (QED) is 0.815. The highest BCUT2D eigenvalue weighted by molar-refractivity contribution is 5.76. The van der Waals surface area contributed by atoms with Crippen LogP contribution in [0, 0.1) is 6.92 Å². The number of benzene rings is 1. The van der Waals surface area contributed by atoms with Crippen LogP contribution < -0.4 is 11.1 Å². The average molecular weight is 291 g/mol. The minimum atomic E-state index is 0.0165. The number of nitrogens with one attached hydrogen (secondary N) is 1. The van der Waals surface area contributed by atoms with Crippen LogP contribution in [0.4, 0.5) is 0 Å². The van der Waals surface area contributed by atoms with Gasteiger partial charge in [-0.2, -0.15) is 0 Å². The van der Waals surface area contributed by atoms with Crippen molar-refractivity contribution in [1.82, 2.24) is 10.2 Å². The van der Waals surface area contributed by atoms with Crippen LogP contribution in [0.2, 0.25) is 0 Å². The Labute approximate surface area is 126 Å². The van der Waals surface area contributed by atoms with E-state index in [9.17, 15) is 4.79 Å². The van der Waals surface area contributed by atoms with Crippen LogP contribution in [0.25, 0.3) is 0 Å². The molecule has 0 radical (unpaired) electrons. The Bertz CT molecular complexity index is 441. The largest absolute Gasteiger partial charge is 0.379 e. The molecule has 0 spiro atoms. The zero-order valence-electron chi connectivity index (χ0n) is 12.7. The monoisotopic (exact) mass is 291 g/mol. The lowest BCUT2D eigenvalue weighted by molar-refractivity contribution is -0.121. The molecule has 1 aliphatic rings. The minimum Gasteiger partial charge on any atom is -0.379 e. The van der Waals surface area contributed by atoms with Gasteiger partial charge in [0, 0.05) is 32.6 Å². The molecular weight excluding hydrogens is 266 g/mol. The molecule has 1 aromatic carbocycles. The second-order valence-electron chi connectivity index (χ2n) is 5.42. The lowest BCUT2D eigenvalue weighted by Crippen LogP contribution is -2.44. The van der Waals surface area contributed by atoms with E-state index >= 15 is 0 Å². The van der Waals surface area contributed by atoms with Crippen LogP contribution in [0.1, 0.15) is 23.6 Å². The Morgan fingerprint density at radius 3 is 2.62 bits per heavy atom. The van der Waals surface area contributed by atoms with Crippen molar-refractivity contribution in [3.63, 3.8) is 0 Å². The molecule has 0 saturated carbocycles. The average Bonchev–Trinajstić information content (AvgIpc) is 2.50. The lowest BCUT2D eigenvalue weighted by atomic mass is 10.0. The first-order valence-corrected chi connectivity index (χ1v) is 7.56. The van der Waals surface area contributed by atoms with Crippen molar-refractivity contribution in [1.29, 1.82) is 0 Å². The summed E-state index contributed by atoms with van der Waals surface area (Å²) in [5, 5.41) is 2.99. The molecule has 5 heteroatoms. The third-order valence-corrected chi connectivity index (χ3v) is 3.81. The molecule has 0 aromatic heterocycles. The number of hydrogen-bond acceptors (Lipinski definition) is 4. The number of aryl methyl sites for hydroxylation is 1. The number of morpholine rings is 1. The van der Waals surface area contributed by atoms with Gasteiger partial charge < -0.3 is 15.8 Å². The molecule has 1 heterocycles. The summed E-state index contributed by atoms with van der Waals surface area (Å²) >= 11 is 0. The highest BCUT2D eigenvalue weighted by Crippen LogP contribution is 2.21. The zero-order chi connectivity index (χ0) is 15.1. The highest BCUT2D eigenvalue weighted by atomic mass is 16.5. The van der Waals surface area contributed by atoms with Crippen LogP contribution in [-0.4, -0.2) is 50.2 Å². The maximum absolute atomic E-state index is 11.7. The van der Waals surface area contributed by atoms with Gasteiger partial charge >= 0.3 is 0 Å². The maximum atomic E-state index is 11.7. The van der Waals surface area contributed by atoms with E-state index in [1.807, 2.05) is 0 Å². The summed E-state index contributed by atoms with van der Waals surface area (Å²) < 4.78 is 5.42. The van der Waals surface area contributed by atoms with E-state index in [0.717, 1.165) is 26.3 Å². The Kier molecular flexibility index (Phi) is 6.17. The van der Waals surface area contributed by atoms with Gasteiger partial charge in [-0.15, -0.1) is 0 Å². The molecular formula is C16H25N3O2. The predicted molar refractivity (Wildman–Crippen MR) is 83.0 cm³/mol. The molecule has 1 aromatic rings. The Balaban J connectivity index is 2.05. The number of amides is 1. The summed E-state index contributed by atoms with van der Waals surface area (Å²) in [5.41, 5.74) is 7.89. The van der Waals surface area contributed by atoms with E-state index in [0.29, 0.717) is 19.5 Å². The van der Waals surface area contributed by atoms with Crippen LogP contribution in [-0.2, 0) is 9.53 Å². The molecule has 1 saturated heterocycles. The van der Waals surface area contributed by atoms with Crippen LogP contribution in [0.3, 0.4) is 0 Å². The van der Waals surface area contributed by atoms with Crippen LogP contribution in [0.5, 0.6) is 0 Å². The molecule has 21 heavy (non-hydrogen) atoms. The van der Waals surface area contributed by atoms with Crippen molar-refractivity contribution in [3.8, 4) is 0 Å². The first-order valence-electron chi connectivity index (χ1n) is 7.56. The first-order chi connectivity index (χ1) is 10.2. The summed E-state index contributed by atoms with van der Waals surface area (Å²) in [5.74, 6) is 0.0165. The summed E-state index contributed by atoms with van der Waals surface area (Å²) in [4.78, 5) is 14.1. The Morgan fingerprint density at radius 1 is 1.33 bits per heavy atom. The number of carbonyl (C=O) groups excluding carboxylic acids is 1. The third-order valence-electron chi connectivity index (χ3n) is 3.81. The van der Waals surface area contributed by atoms with Crippen molar-refractivity contribution < 1.29 is 9.53 Å². The second-order valence-corrected chi connectivity index (χ2v) is 5.42. The van der Waals surface area contributed by atoms with Crippen molar-refractivity contribution in [3.05, 3.63) is 35.4 Å². The Morgan fingerprint density at radius 2 is 2.00 bits per heavy atom. The van der Waals surface area contributed by atoms with Gasteiger partial charge in [-0.1, -0.05) is 29.8 Å². The van der Waals surface area contributed by atoms with E-state index in [4.69, 9.17) is 10.5 Å². The minimum absolute atomic E-state index is 0.0165. The van der Waals surface area contributed by atoms with Gasteiger partial charge in [0.25, 0.3) is 0 Å². The molecule has 1 aliphatic heterocycles. The number of rotatable bonds is 6. The maximum Gasteiger partial charge on any atom is 0.221 e. The number of hydrogen-bond donors (Lipinski definition) is 2. The molecule has 1 fully saturated rings. The lowest BCUT2D eigenvalue weighted by Gasteiger charge is -2.35. The molecule has 116 valence electrons. The van der Waals surface area contributed by atoms with Crippen molar-refractivity contribution in [2.45, 2.75) is 19.4 Å². The predicted octanol–water partition coefficient (Wildman–Crippen LogP) is 0.833. The molecule has 1 unspecified atom stereocenters. The second kappa shape index (κ2) is 8.12. The van der Waals surface area contributed by atoms with Crippen molar-refractivity contribution in [2.24, 2.45) is 5.73 Å². The van der Waals surface area contributed by atoms with E-state index in [2.05, 4.69) is 41.4 Å². The summed E-state index contributed by atoms with van der Waals surface area (Å²) in [6.45, 7) is 6.37. The van der Waals surface area contributed by atoms with Gasteiger partial charge in [0.1, 0.15) is 0 Å². The molecule has 3 N–H and O–H groups in total. The zero-order valence-corrected chi connectivity index (χ0v) is 12.7. The van der Waals surface area contributed by atoms with Gasteiger partial charge in [0.2, 0.25) is 5.91 Å². The van der Waals surface area contributed by atoms with E-state index in [1.165, 1.54) is 11.1 Å². The summed E-state index contributed by atoms with van der Waals surface area (Å²) in [6.07, 6.45) is 0.379. The third kappa shape index (κ3) is 4.81. The van der Waals surface area contributed by atoms with Crippen LogP contribution >= 0.6 is 0 Å². The summed E-state index contributed by atoms with van der Waals surface area (Å²) in [7, 11) is 0. The normalized spacial score (nSPS) is 17.4. The highest BCUT2D eigenvalue weighted by Gasteiger charge is 2.22. The Hall–Kier alpha value is -1.43. The topological polar surface area (TPSA) is 67.6 Å². The molecule has 2 rings (SSSR count). The molecule has 0 aliphatic carbocycles. The fraction of sp³-hybridized carbons (Fsp3) is 0.562. The number of nitrogens with zero attached hydrogens (tertiary/aromatic N) is 1. The van der Waals surface area contributed by atoms with Crippen molar-refractivity contribution in [2.75, 3.05) is 39.4 Å². The van der Waals surface area contributed by atoms with E-state index in [1.54, 1.807) is 0 Å². The van der Waals surface area contributed by atoms with Crippen molar-refractivity contribution >= 4 is 5.91 Å². The van der Waals surface area contributed by atoms with Gasteiger partial charge in [-0.05, 0) is 12.5 Å². The molecule has 1 atom stereocenters. The van der Waals surface area contributed by atoms with E-state index in [-0.39, 0.29) is 11.9 Å². The smallest absolute Gasteiger partial charge is 0.221 e. The number of carbonyl (C=O) groups is 1. The number of nitrogens with two attached hydrogens (primary N) is 1. The standard InChI is InChI=1S/C16H25N3O2/c1-13-2-4-14(5-3-13)15(12-18-16(20)6-7-17)19-8-10-21-11-9-19/h2-5,15H,6-12,17H2,1H3,(H,18,20). The van der Waals surface area contributed by atoms with E-state index < -0.39 is 0 Å². The van der Waals surface area contributed by atoms with Gasteiger partial charge in [-0.25, -0.2) is 0 Å². The first kappa shape index (κ1) is 15.9. The molecule has 0 bridgehead atoms. The molecule has 1 amide bonds. The molecule has 5 nitrogen and oxygen atoms in total. The SMILES string of the molecule is Cc1ccc(C(CNC(=O)CCN)N2CCOCC2)cc1. The fourth-order valence-electron chi connectivity index (χ4n) is 2.57. The fourth-order valence-corrected chi connectivity index (χ4v) is 2.57. The number of ether oxygens (including phenoxy) is 1. The van der Waals surface area contributed by atoms with Gasteiger partial charge in [-0.3, -0.25) is 9.69 Å². The van der Waals surface area contributed by atoms with Gasteiger partial charge in [0.15, 0.2) is 0 Å². The summed E-state index contributed by atoms with van der Waals surface area (Å²) in [6, 6.07) is 8.71. The van der Waals surface area contributed by atoms with Crippen LogP contribution in [0.15, 0.2) is 24.3 Å². The van der Waals surface area contributed by atoms with Gasteiger partial charge in [0.05, 0.1) is 19.3 Å².